The number of nitrogens with zero attached hydrogens (tertiary/aromatic N) is 1. The highest BCUT2D eigenvalue weighted by Crippen LogP contribution is 2.16. The van der Waals surface area contributed by atoms with Crippen LogP contribution in [0.1, 0.15) is 51.9 Å². The van der Waals surface area contributed by atoms with Crippen molar-refractivity contribution in [3.05, 3.63) is 18.2 Å². The highest BCUT2D eigenvalue weighted by atomic mass is 16.1. The van der Waals surface area contributed by atoms with Gasteiger partial charge in [-0.25, -0.2) is 4.98 Å². The van der Waals surface area contributed by atoms with Crippen molar-refractivity contribution in [1.29, 1.82) is 0 Å². The summed E-state index contributed by atoms with van der Waals surface area (Å²) in [6.45, 7) is 6.89. The molecule has 0 fully saturated rings. The van der Waals surface area contributed by atoms with E-state index < -0.39 is 0 Å². The lowest BCUT2D eigenvalue weighted by Gasteiger charge is -2.19. The van der Waals surface area contributed by atoms with Crippen LogP contribution in [0.15, 0.2) is 12.4 Å². The lowest BCUT2D eigenvalue weighted by atomic mass is 9.94. The lowest BCUT2D eigenvalue weighted by Crippen LogP contribution is -2.32. The fourth-order valence-electron chi connectivity index (χ4n) is 2.28. The summed E-state index contributed by atoms with van der Waals surface area (Å²) in [5.74, 6) is 1.69. The van der Waals surface area contributed by atoms with Crippen LogP contribution in [0.3, 0.4) is 0 Å². The molecule has 0 aliphatic heterocycles. The number of nitrogens with one attached hydrogen (secondary N) is 2. The van der Waals surface area contributed by atoms with Crippen molar-refractivity contribution in [3.63, 3.8) is 0 Å². The molecule has 1 rings (SSSR count). The zero-order valence-electron chi connectivity index (χ0n) is 12.1. The molecule has 0 saturated heterocycles. The first-order chi connectivity index (χ1) is 9.06. The van der Waals surface area contributed by atoms with Gasteiger partial charge in [0.1, 0.15) is 5.82 Å². The monoisotopic (exact) mass is 266 g/mol. The van der Waals surface area contributed by atoms with Gasteiger partial charge in [0.25, 0.3) is 0 Å². The van der Waals surface area contributed by atoms with E-state index in [0.29, 0.717) is 18.9 Å². The van der Waals surface area contributed by atoms with E-state index in [1.54, 1.807) is 12.4 Å². The molecule has 1 aromatic rings. The smallest absolute Gasteiger partial charge is 0.220 e. The van der Waals surface area contributed by atoms with Crippen molar-refractivity contribution in [2.24, 2.45) is 17.6 Å². The second-order valence-electron chi connectivity index (χ2n) is 5.44. The molecule has 0 spiro atoms. The number of nitrogens with two attached hydrogens (primary N) is 1. The molecule has 0 aliphatic rings. The summed E-state index contributed by atoms with van der Waals surface area (Å²) in [5.41, 5.74) is 5.73. The number of carbonyl (C=O) groups is 1. The maximum Gasteiger partial charge on any atom is 0.220 e. The summed E-state index contributed by atoms with van der Waals surface area (Å²) >= 11 is 0. The van der Waals surface area contributed by atoms with Crippen molar-refractivity contribution >= 4 is 5.91 Å². The summed E-state index contributed by atoms with van der Waals surface area (Å²) in [4.78, 5) is 19.3. The van der Waals surface area contributed by atoms with Crippen LogP contribution in [0, 0.1) is 11.8 Å². The average Bonchev–Trinajstić information content (AvgIpc) is 2.88. The van der Waals surface area contributed by atoms with E-state index in [-0.39, 0.29) is 17.9 Å². The first-order valence-electron chi connectivity index (χ1n) is 7.05. The molecular formula is C14H26N4O. The molecule has 0 radical (unpaired) electrons. The first-order valence-corrected chi connectivity index (χ1v) is 7.05. The predicted octanol–water partition coefficient (Wildman–Crippen LogP) is 1.99. The van der Waals surface area contributed by atoms with Gasteiger partial charge in [-0.15, -0.1) is 0 Å². The summed E-state index contributed by atoms with van der Waals surface area (Å²) in [7, 11) is 0. The number of H-pyrrole nitrogens is 1. The Labute approximate surface area is 115 Å². The molecule has 0 saturated carbocycles. The molecule has 5 heteroatoms. The van der Waals surface area contributed by atoms with Gasteiger partial charge in [-0.05, 0) is 31.2 Å². The van der Waals surface area contributed by atoms with E-state index in [9.17, 15) is 4.79 Å². The fraction of sp³-hybridized carbons (Fsp3) is 0.714. The minimum absolute atomic E-state index is 0.0417. The van der Waals surface area contributed by atoms with Crippen LogP contribution in [-0.4, -0.2) is 22.4 Å². The molecule has 1 amide bonds. The second-order valence-corrected chi connectivity index (χ2v) is 5.44. The minimum atomic E-state index is -0.0417. The number of aromatic amines is 1. The fourth-order valence-corrected chi connectivity index (χ4v) is 2.28. The largest absolute Gasteiger partial charge is 0.347 e. The van der Waals surface area contributed by atoms with Crippen LogP contribution in [0.4, 0.5) is 0 Å². The summed E-state index contributed by atoms with van der Waals surface area (Å²) < 4.78 is 0. The van der Waals surface area contributed by atoms with E-state index in [0.717, 1.165) is 18.7 Å². The Kier molecular flexibility index (Phi) is 6.56. The third-order valence-electron chi connectivity index (χ3n) is 3.21. The van der Waals surface area contributed by atoms with Crippen LogP contribution in [0.2, 0.25) is 0 Å². The van der Waals surface area contributed by atoms with Crippen molar-refractivity contribution in [3.8, 4) is 0 Å². The Morgan fingerprint density at radius 2 is 2.26 bits per heavy atom. The van der Waals surface area contributed by atoms with Crippen molar-refractivity contribution in [2.75, 3.05) is 6.54 Å². The summed E-state index contributed by atoms with van der Waals surface area (Å²) in [5, 5.41) is 3.02. The Hall–Kier alpha value is -1.36. The Morgan fingerprint density at radius 1 is 1.53 bits per heavy atom. The summed E-state index contributed by atoms with van der Waals surface area (Å²) in [6, 6.07) is -0.0417. The maximum absolute atomic E-state index is 12.1. The Bertz CT molecular complexity index is 362. The van der Waals surface area contributed by atoms with E-state index in [2.05, 4.69) is 29.1 Å². The number of aromatic nitrogens is 2. The Morgan fingerprint density at radius 3 is 2.74 bits per heavy atom. The molecule has 0 aliphatic carbocycles. The maximum atomic E-state index is 12.1. The normalized spacial score (nSPS) is 14.4. The van der Waals surface area contributed by atoms with Gasteiger partial charge in [0.05, 0.1) is 6.04 Å². The van der Waals surface area contributed by atoms with Crippen LogP contribution in [0.5, 0.6) is 0 Å². The molecule has 5 nitrogen and oxygen atoms in total. The van der Waals surface area contributed by atoms with Gasteiger partial charge in [-0.3, -0.25) is 4.79 Å². The highest BCUT2D eigenvalue weighted by Gasteiger charge is 2.18. The van der Waals surface area contributed by atoms with E-state index >= 15 is 0 Å². The van der Waals surface area contributed by atoms with Gasteiger partial charge in [0.2, 0.25) is 5.91 Å². The van der Waals surface area contributed by atoms with E-state index in [4.69, 9.17) is 5.73 Å². The molecule has 2 unspecified atom stereocenters. The molecule has 19 heavy (non-hydrogen) atoms. The van der Waals surface area contributed by atoms with E-state index in [1.807, 2.05) is 6.92 Å². The van der Waals surface area contributed by atoms with Gasteiger partial charge < -0.3 is 16.0 Å². The van der Waals surface area contributed by atoms with Crippen molar-refractivity contribution in [1.82, 2.24) is 15.3 Å². The topological polar surface area (TPSA) is 83.8 Å². The molecule has 108 valence electrons. The molecular weight excluding hydrogens is 240 g/mol. The van der Waals surface area contributed by atoms with E-state index in [1.165, 1.54) is 0 Å². The van der Waals surface area contributed by atoms with Crippen molar-refractivity contribution < 1.29 is 4.79 Å². The molecule has 2 atom stereocenters. The first kappa shape index (κ1) is 15.7. The molecule has 0 bridgehead atoms. The minimum Gasteiger partial charge on any atom is -0.347 e. The molecule has 1 aromatic heterocycles. The van der Waals surface area contributed by atoms with Gasteiger partial charge in [-0.1, -0.05) is 20.8 Å². The number of hydrogen-bond acceptors (Lipinski definition) is 3. The lowest BCUT2D eigenvalue weighted by molar-refractivity contribution is -0.122. The van der Waals surface area contributed by atoms with Crippen LogP contribution < -0.4 is 11.1 Å². The van der Waals surface area contributed by atoms with Gasteiger partial charge in [0, 0.05) is 18.8 Å². The SMILES string of the molecule is CCC(NC(=O)CC(CN)CC(C)C)c1ncc[nH]1. The molecule has 1 heterocycles. The third kappa shape index (κ3) is 5.42. The van der Waals surface area contributed by atoms with Crippen LogP contribution >= 0.6 is 0 Å². The number of amides is 1. The molecule has 4 N–H and O–H groups in total. The quantitative estimate of drug-likeness (QED) is 0.672. The second kappa shape index (κ2) is 7.94. The Balaban J connectivity index is 2.48. The number of imidazole rings is 1. The average molecular weight is 266 g/mol. The third-order valence-corrected chi connectivity index (χ3v) is 3.21. The van der Waals surface area contributed by atoms with Gasteiger partial charge >= 0.3 is 0 Å². The predicted molar refractivity (Wildman–Crippen MR) is 76.4 cm³/mol. The zero-order valence-corrected chi connectivity index (χ0v) is 12.1. The standard InChI is InChI=1S/C14H26N4O/c1-4-12(14-16-5-6-17-14)18-13(19)8-11(9-15)7-10(2)3/h5-6,10-12H,4,7-9,15H2,1-3H3,(H,16,17)(H,18,19). The molecule has 0 aromatic carbocycles. The van der Waals surface area contributed by atoms with Crippen molar-refractivity contribution in [2.45, 2.75) is 46.1 Å². The zero-order chi connectivity index (χ0) is 14.3. The number of hydrogen-bond donors (Lipinski definition) is 3. The van der Waals surface area contributed by atoms with Crippen LogP contribution in [0.25, 0.3) is 0 Å². The number of rotatable bonds is 8. The van der Waals surface area contributed by atoms with Gasteiger partial charge in [0.15, 0.2) is 0 Å². The van der Waals surface area contributed by atoms with Crippen LogP contribution in [-0.2, 0) is 4.79 Å². The summed E-state index contributed by atoms with van der Waals surface area (Å²) in [6.07, 6.45) is 5.77. The number of carbonyl (C=O) groups excluding carboxylic acids is 1. The van der Waals surface area contributed by atoms with Gasteiger partial charge in [-0.2, -0.15) is 0 Å². The highest BCUT2D eigenvalue weighted by molar-refractivity contribution is 5.76.